The van der Waals surface area contributed by atoms with Crippen LogP contribution in [0.5, 0.6) is 11.5 Å². The molecule has 1 rings (SSSR count). The van der Waals surface area contributed by atoms with E-state index in [2.05, 4.69) is 22.0 Å². The van der Waals surface area contributed by atoms with Crippen molar-refractivity contribution in [2.75, 3.05) is 26.3 Å². The first-order valence-corrected chi connectivity index (χ1v) is 8.63. The van der Waals surface area contributed by atoms with Gasteiger partial charge in [0.25, 0.3) is 5.91 Å². The molecule has 0 unspecified atom stereocenters. The van der Waals surface area contributed by atoms with Crippen LogP contribution in [0.3, 0.4) is 0 Å². The molecule has 0 fully saturated rings. The van der Waals surface area contributed by atoms with E-state index in [0.29, 0.717) is 28.1 Å². The third-order valence-electron chi connectivity index (χ3n) is 3.12. The lowest BCUT2D eigenvalue weighted by atomic mass is 10.2. The highest BCUT2D eigenvalue weighted by atomic mass is 79.9. The van der Waals surface area contributed by atoms with Crippen LogP contribution in [0.4, 0.5) is 0 Å². The molecule has 1 aromatic rings. The Bertz CT molecular complexity index is 564. The van der Waals surface area contributed by atoms with Crippen molar-refractivity contribution in [2.45, 2.75) is 33.6 Å². The smallest absolute Gasteiger partial charge is 0.260 e. The van der Waals surface area contributed by atoms with Crippen molar-refractivity contribution >= 4 is 21.8 Å². The number of benzene rings is 1. The average molecular weight is 383 g/mol. The van der Waals surface area contributed by atoms with Gasteiger partial charge in [-0.3, -0.25) is 4.79 Å². The van der Waals surface area contributed by atoms with Gasteiger partial charge in [-0.1, -0.05) is 13.8 Å². The van der Waals surface area contributed by atoms with Crippen LogP contribution in [-0.4, -0.2) is 37.1 Å². The number of halogens is 1. The summed E-state index contributed by atoms with van der Waals surface area (Å²) in [5.41, 5.74) is 0.470. The molecular formula is C17H23BrN2O3. The standard InChI is InChI=1S/C17H23BrN2O3/c1-4-7-20(8-5-2)16(21)12-23-17-14(18)9-13(11-19)10-15(17)22-6-3/h9-10H,4-8,12H2,1-3H3. The molecule has 0 aliphatic heterocycles. The number of carbonyl (C=O) groups excluding carboxylic acids is 1. The molecule has 0 aliphatic carbocycles. The number of hydrogen-bond acceptors (Lipinski definition) is 4. The lowest BCUT2D eigenvalue weighted by molar-refractivity contribution is -0.133. The fraction of sp³-hybridized carbons (Fsp3) is 0.529. The van der Waals surface area contributed by atoms with Gasteiger partial charge in [-0.2, -0.15) is 5.26 Å². The Hall–Kier alpha value is -1.74. The summed E-state index contributed by atoms with van der Waals surface area (Å²) in [6, 6.07) is 5.34. The van der Waals surface area contributed by atoms with Crippen molar-refractivity contribution in [1.82, 2.24) is 4.90 Å². The van der Waals surface area contributed by atoms with E-state index in [1.807, 2.05) is 20.8 Å². The largest absolute Gasteiger partial charge is 0.490 e. The van der Waals surface area contributed by atoms with Gasteiger partial charge in [0, 0.05) is 19.2 Å². The summed E-state index contributed by atoms with van der Waals surface area (Å²) in [4.78, 5) is 14.1. The third kappa shape index (κ3) is 5.76. The first-order valence-electron chi connectivity index (χ1n) is 7.84. The van der Waals surface area contributed by atoms with Gasteiger partial charge in [-0.05, 0) is 41.8 Å². The van der Waals surface area contributed by atoms with Crippen molar-refractivity contribution in [1.29, 1.82) is 5.26 Å². The van der Waals surface area contributed by atoms with Crippen LogP contribution in [0.15, 0.2) is 16.6 Å². The van der Waals surface area contributed by atoms with Gasteiger partial charge in [0.1, 0.15) is 0 Å². The minimum Gasteiger partial charge on any atom is -0.490 e. The second-order valence-electron chi connectivity index (χ2n) is 5.00. The molecule has 0 aliphatic rings. The van der Waals surface area contributed by atoms with Crippen LogP contribution < -0.4 is 9.47 Å². The number of hydrogen-bond donors (Lipinski definition) is 0. The SMILES string of the molecule is CCCN(CCC)C(=O)COc1c(Br)cc(C#N)cc1OCC. The second-order valence-corrected chi connectivity index (χ2v) is 5.85. The number of nitriles is 1. The predicted octanol–water partition coefficient (Wildman–Crippen LogP) is 3.75. The zero-order valence-electron chi connectivity index (χ0n) is 13.9. The van der Waals surface area contributed by atoms with Gasteiger partial charge in [0.05, 0.1) is 22.7 Å². The van der Waals surface area contributed by atoms with Gasteiger partial charge < -0.3 is 14.4 Å². The summed E-state index contributed by atoms with van der Waals surface area (Å²) in [5, 5.41) is 9.03. The summed E-state index contributed by atoms with van der Waals surface area (Å²) in [5.74, 6) is 0.864. The summed E-state index contributed by atoms with van der Waals surface area (Å²) in [7, 11) is 0. The number of amides is 1. The molecule has 5 nitrogen and oxygen atoms in total. The summed E-state index contributed by atoms with van der Waals surface area (Å²) >= 11 is 3.38. The van der Waals surface area contributed by atoms with Crippen molar-refractivity contribution in [3.05, 3.63) is 22.2 Å². The maximum atomic E-state index is 12.3. The third-order valence-corrected chi connectivity index (χ3v) is 3.71. The molecule has 0 radical (unpaired) electrons. The summed E-state index contributed by atoms with van der Waals surface area (Å²) in [6.45, 7) is 7.79. The number of ether oxygens (including phenoxy) is 2. The Morgan fingerprint density at radius 1 is 1.22 bits per heavy atom. The summed E-state index contributed by atoms with van der Waals surface area (Å²) in [6.07, 6.45) is 1.83. The van der Waals surface area contributed by atoms with E-state index in [1.54, 1.807) is 17.0 Å². The molecule has 0 atom stereocenters. The van der Waals surface area contributed by atoms with E-state index in [4.69, 9.17) is 14.7 Å². The monoisotopic (exact) mass is 382 g/mol. The Morgan fingerprint density at radius 3 is 2.39 bits per heavy atom. The van der Waals surface area contributed by atoms with Crippen LogP contribution in [0.1, 0.15) is 39.2 Å². The minimum absolute atomic E-state index is 0.0487. The van der Waals surface area contributed by atoms with Crippen LogP contribution in [0.2, 0.25) is 0 Å². The van der Waals surface area contributed by atoms with Crippen LogP contribution in [-0.2, 0) is 4.79 Å². The molecule has 0 spiro atoms. The fourth-order valence-electron chi connectivity index (χ4n) is 2.16. The summed E-state index contributed by atoms with van der Waals surface area (Å²) < 4.78 is 11.8. The topological polar surface area (TPSA) is 62.6 Å². The van der Waals surface area contributed by atoms with E-state index in [9.17, 15) is 4.79 Å². The van der Waals surface area contributed by atoms with Crippen molar-refractivity contribution < 1.29 is 14.3 Å². The molecule has 23 heavy (non-hydrogen) atoms. The maximum absolute atomic E-state index is 12.3. The molecule has 0 heterocycles. The van der Waals surface area contributed by atoms with Crippen LogP contribution >= 0.6 is 15.9 Å². The van der Waals surface area contributed by atoms with Crippen LogP contribution in [0, 0.1) is 11.3 Å². The minimum atomic E-state index is -0.0510. The molecular weight excluding hydrogens is 360 g/mol. The van der Waals surface area contributed by atoms with Gasteiger partial charge in [-0.25, -0.2) is 0 Å². The fourth-order valence-corrected chi connectivity index (χ4v) is 2.72. The maximum Gasteiger partial charge on any atom is 0.260 e. The van der Waals surface area contributed by atoms with Crippen molar-refractivity contribution in [3.8, 4) is 17.6 Å². The lowest BCUT2D eigenvalue weighted by Crippen LogP contribution is -2.36. The average Bonchev–Trinajstić information content (AvgIpc) is 2.53. The molecule has 0 N–H and O–H groups in total. The normalized spacial score (nSPS) is 10.0. The van der Waals surface area contributed by atoms with E-state index in [-0.39, 0.29) is 12.5 Å². The lowest BCUT2D eigenvalue weighted by Gasteiger charge is -2.22. The quantitative estimate of drug-likeness (QED) is 0.652. The van der Waals surface area contributed by atoms with Crippen molar-refractivity contribution in [3.63, 3.8) is 0 Å². The molecule has 0 bridgehead atoms. The molecule has 6 heteroatoms. The molecule has 0 saturated carbocycles. The van der Waals surface area contributed by atoms with E-state index in [1.165, 1.54) is 0 Å². The Morgan fingerprint density at radius 2 is 1.87 bits per heavy atom. The first-order chi connectivity index (χ1) is 11.1. The van der Waals surface area contributed by atoms with E-state index >= 15 is 0 Å². The molecule has 0 saturated heterocycles. The van der Waals surface area contributed by atoms with Gasteiger partial charge >= 0.3 is 0 Å². The number of carbonyl (C=O) groups is 1. The van der Waals surface area contributed by atoms with Gasteiger partial charge in [0.15, 0.2) is 18.1 Å². The number of nitrogens with zero attached hydrogens (tertiary/aromatic N) is 2. The highest BCUT2D eigenvalue weighted by molar-refractivity contribution is 9.10. The number of rotatable bonds is 9. The first kappa shape index (κ1) is 19.3. The Kier molecular flexibility index (Phi) is 8.49. The van der Waals surface area contributed by atoms with E-state index < -0.39 is 0 Å². The Labute approximate surface area is 146 Å². The van der Waals surface area contributed by atoms with E-state index in [0.717, 1.165) is 25.9 Å². The molecule has 1 aromatic carbocycles. The molecule has 126 valence electrons. The highest BCUT2D eigenvalue weighted by Crippen LogP contribution is 2.36. The van der Waals surface area contributed by atoms with Crippen molar-refractivity contribution in [2.24, 2.45) is 0 Å². The second kappa shape index (κ2) is 10.1. The zero-order chi connectivity index (χ0) is 17.2. The van der Waals surface area contributed by atoms with Gasteiger partial charge in [-0.15, -0.1) is 0 Å². The van der Waals surface area contributed by atoms with Crippen LogP contribution in [0.25, 0.3) is 0 Å². The highest BCUT2D eigenvalue weighted by Gasteiger charge is 2.17. The molecule has 0 aromatic heterocycles. The van der Waals surface area contributed by atoms with Gasteiger partial charge in [0.2, 0.25) is 0 Å². The Balaban J connectivity index is 2.87. The molecule has 1 amide bonds. The predicted molar refractivity (Wildman–Crippen MR) is 92.7 cm³/mol. The zero-order valence-corrected chi connectivity index (χ0v) is 15.5.